The number of amides is 1. The molecule has 3 unspecified atom stereocenters. The lowest BCUT2D eigenvalue weighted by Crippen LogP contribution is -2.14. The summed E-state index contributed by atoms with van der Waals surface area (Å²) in [6, 6.07) is 7.31. The highest BCUT2D eigenvalue weighted by atomic mass is 16.3. The van der Waals surface area contributed by atoms with Gasteiger partial charge in [0.1, 0.15) is 0 Å². The van der Waals surface area contributed by atoms with E-state index in [1.807, 2.05) is 24.3 Å². The number of aliphatic hydroxyl groups is 1. The maximum atomic E-state index is 11.6. The minimum Gasteiger partial charge on any atom is -0.389 e. The van der Waals surface area contributed by atoms with Gasteiger partial charge in [-0.2, -0.15) is 0 Å². The summed E-state index contributed by atoms with van der Waals surface area (Å²) in [7, 11) is 0. The predicted octanol–water partition coefficient (Wildman–Crippen LogP) is 2.33. The third-order valence-electron chi connectivity index (χ3n) is 3.11. The Balaban J connectivity index is 1.97. The molecule has 1 fully saturated rings. The van der Waals surface area contributed by atoms with Crippen LogP contribution in [-0.2, 0) is 4.79 Å². The van der Waals surface area contributed by atoms with Crippen LogP contribution in [0.3, 0.4) is 0 Å². The van der Waals surface area contributed by atoms with Crippen molar-refractivity contribution in [3.63, 3.8) is 0 Å². The molecule has 1 saturated carbocycles. The van der Waals surface area contributed by atoms with Crippen LogP contribution >= 0.6 is 0 Å². The van der Waals surface area contributed by atoms with Crippen molar-refractivity contribution in [3.8, 4) is 0 Å². The maximum Gasteiger partial charge on any atom is 0.227 e. The van der Waals surface area contributed by atoms with Crippen LogP contribution in [0, 0.1) is 11.8 Å². The molecule has 3 heteroatoms. The van der Waals surface area contributed by atoms with Crippen LogP contribution in [0.5, 0.6) is 0 Å². The lowest BCUT2D eigenvalue weighted by molar-refractivity contribution is -0.117. The summed E-state index contributed by atoms with van der Waals surface area (Å²) in [6.07, 6.45) is 0.533. The fourth-order valence-electron chi connectivity index (χ4n) is 1.77. The fraction of sp³-hybridized carbons (Fsp3) is 0.462. The van der Waals surface area contributed by atoms with E-state index in [9.17, 15) is 9.90 Å². The van der Waals surface area contributed by atoms with Gasteiger partial charge in [-0.1, -0.05) is 19.1 Å². The standard InChI is InChI=1S/C13H17NO2/c1-8-7-12(8)13(16)14-11-5-3-10(4-6-11)9(2)15/h3-6,8-9,12,15H,7H2,1-2H3,(H,14,16). The molecule has 1 aliphatic carbocycles. The lowest BCUT2D eigenvalue weighted by Gasteiger charge is -2.07. The van der Waals surface area contributed by atoms with Gasteiger partial charge in [-0.25, -0.2) is 0 Å². The van der Waals surface area contributed by atoms with Crippen molar-refractivity contribution in [3.05, 3.63) is 29.8 Å². The van der Waals surface area contributed by atoms with Gasteiger partial charge < -0.3 is 10.4 Å². The molecule has 0 bridgehead atoms. The molecular weight excluding hydrogens is 202 g/mol. The van der Waals surface area contributed by atoms with Crippen molar-refractivity contribution in [2.45, 2.75) is 26.4 Å². The molecule has 3 nitrogen and oxygen atoms in total. The van der Waals surface area contributed by atoms with Crippen LogP contribution < -0.4 is 5.32 Å². The second-order valence-corrected chi connectivity index (χ2v) is 4.61. The zero-order valence-corrected chi connectivity index (χ0v) is 9.60. The highest BCUT2D eigenvalue weighted by molar-refractivity contribution is 5.94. The zero-order valence-electron chi connectivity index (χ0n) is 9.60. The Kier molecular flexibility index (Phi) is 2.97. The van der Waals surface area contributed by atoms with E-state index in [4.69, 9.17) is 0 Å². The summed E-state index contributed by atoms with van der Waals surface area (Å²) in [5.74, 6) is 0.825. The topological polar surface area (TPSA) is 49.3 Å². The van der Waals surface area contributed by atoms with Crippen molar-refractivity contribution >= 4 is 11.6 Å². The second kappa shape index (κ2) is 4.26. The number of aliphatic hydroxyl groups excluding tert-OH is 1. The molecule has 0 saturated heterocycles. The molecule has 1 aromatic carbocycles. The number of rotatable bonds is 3. The van der Waals surface area contributed by atoms with E-state index < -0.39 is 6.10 Å². The first-order chi connectivity index (χ1) is 7.58. The van der Waals surface area contributed by atoms with E-state index in [1.165, 1.54) is 0 Å². The first-order valence-electron chi connectivity index (χ1n) is 5.67. The largest absolute Gasteiger partial charge is 0.389 e. The quantitative estimate of drug-likeness (QED) is 0.819. The van der Waals surface area contributed by atoms with Crippen LogP contribution in [0.4, 0.5) is 5.69 Å². The van der Waals surface area contributed by atoms with Crippen LogP contribution in [0.15, 0.2) is 24.3 Å². The Morgan fingerprint density at radius 2 is 2.00 bits per heavy atom. The summed E-state index contributed by atoms with van der Waals surface area (Å²) < 4.78 is 0. The fourth-order valence-corrected chi connectivity index (χ4v) is 1.77. The minimum absolute atomic E-state index is 0.109. The Bertz CT molecular complexity index is 383. The Morgan fingerprint density at radius 1 is 1.44 bits per heavy atom. The van der Waals surface area contributed by atoms with E-state index in [0.717, 1.165) is 17.7 Å². The van der Waals surface area contributed by atoms with E-state index in [0.29, 0.717) is 5.92 Å². The van der Waals surface area contributed by atoms with Gasteiger partial charge in [0.05, 0.1) is 6.10 Å². The van der Waals surface area contributed by atoms with Crippen LogP contribution in [-0.4, -0.2) is 11.0 Å². The smallest absolute Gasteiger partial charge is 0.227 e. The van der Waals surface area contributed by atoms with E-state index >= 15 is 0 Å². The molecule has 0 aliphatic heterocycles. The molecule has 1 aromatic rings. The second-order valence-electron chi connectivity index (χ2n) is 4.61. The maximum absolute atomic E-state index is 11.6. The highest BCUT2D eigenvalue weighted by Gasteiger charge is 2.38. The Morgan fingerprint density at radius 3 is 2.44 bits per heavy atom. The van der Waals surface area contributed by atoms with Gasteiger partial charge in [-0.3, -0.25) is 4.79 Å². The first-order valence-corrected chi connectivity index (χ1v) is 5.67. The van der Waals surface area contributed by atoms with Crippen LogP contribution in [0.1, 0.15) is 31.9 Å². The van der Waals surface area contributed by atoms with Gasteiger partial charge in [-0.05, 0) is 37.0 Å². The minimum atomic E-state index is -0.465. The first kappa shape index (κ1) is 11.1. The Hall–Kier alpha value is -1.35. The lowest BCUT2D eigenvalue weighted by atomic mass is 10.1. The predicted molar refractivity (Wildman–Crippen MR) is 63.0 cm³/mol. The number of hydrogen-bond donors (Lipinski definition) is 2. The molecule has 1 amide bonds. The molecule has 86 valence electrons. The molecule has 16 heavy (non-hydrogen) atoms. The summed E-state index contributed by atoms with van der Waals surface area (Å²) in [6.45, 7) is 3.81. The normalized spacial score (nSPS) is 24.9. The molecule has 2 N–H and O–H groups in total. The molecule has 1 aliphatic rings. The van der Waals surface area contributed by atoms with Gasteiger partial charge in [-0.15, -0.1) is 0 Å². The SMILES string of the molecule is CC(O)c1ccc(NC(=O)C2CC2C)cc1. The summed E-state index contributed by atoms with van der Waals surface area (Å²) in [5.41, 5.74) is 1.66. The molecule has 0 radical (unpaired) electrons. The van der Waals surface area contributed by atoms with Gasteiger partial charge in [0.2, 0.25) is 5.91 Å². The number of carbonyl (C=O) groups excluding carboxylic acids is 1. The van der Waals surface area contributed by atoms with Crippen LogP contribution in [0.2, 0.25) is 0 Å². The molecule has 2 rings (SSSR count). The number of carbonyl (C=O) groups is 1. The average molecular weight is 219 g/mol. The van der Waals surface area contributed by atoms with Crippen molar-refractivity contribution in [2.24, 2.45) is 11.8 Å². The van der Waals surface area contributed by atoms with Crippen molar-refractivity contribution in [1.82, 2.24) is 0 Å². The van der Waals surface area contributed by atoms with Gasteiger partial charge in [0.25, 0.3) is 0 Å². The molecule has 0 spiro atoms. The number of anilines is 1. The zero-order chi connectivity index (χ0) is 11.7. The van der Waals surface area contributed by atoms with Gasteiger partial charge in [0, 0.05) is 11.6 Å². The molecular formula is C13H17NO2. The number of hydrogen-bond acceptors (Lipinski definition) is 2. The number of benzene rings is 1. The molecule has 0 heterocycles. The van der Waals surface area contributed by atoms with E-state index in [-0.39, 0.29) is 11.8 Å². The summed E-state index contributed by atoms with van der Waals surface area (Å²) in [5, 5.41) is 12.2. The molecule has 3 atom stereocenters. The van der Waals surface area contributed by atoms with Crippen LogP contribution in [0.25, 0.3) is 0 Å². The molecule has 0 aromatic heterocycles. The van der Waals surface area contributed by atoms with Gasteiger partial charge >= 0.3 is 0 Å². The monoisotopic (exact) mass is 219 g/mol. The van der Waals surface area contributed by atoms with E-state index in [2.05, 4.69) is 12.2 Å². The summed E-state index contributed by atoms with van der Waals surface area (Å²) >= 11 is 0. The highest BCUT2D eigenvalue weighted by Crippen LogP contribution is 2.38. The Labute approximate surface area is 95.5 Å². The average Bonchev–Trinajstić information content (AvgIpc) is 2.96. The number of nitrogens with one attached hydrogen (secondary N) is 1. The third-order valence-corrected chi connectivity index (χ3v) is 3.11. The van der Waals surface area contributed by atoms with Crippen molar-refractivity contribution in [2.75, 3.05) is 5.32 Å². The van der Waals surface area contributed by atoms with Crippen molar-refractivity contribution in [1.29, 1.82) is 0 Å². The van der Waals surface area contributed by atoms with E-state index in [1.54, 1.807) is 6.92 Å². The third kappa shape index (κ3) is 2.42. The van der Waals surface area contributed by atoms with Gasteiger partial charge in [0.15, 0.2) is 0 Å². The van der Waals surface area contributed by atoms with Crippen molar-refractivity contribution < 1.29 is 9.90 Å². The summed E-state index contributed by atoms with van der Waals surface area (Å²) in [4.78, 5) is 11.6.